The number of anilines is 1. The van der Waals surface area contributed by atoms with Crippen molar-refractivity contribution in [1.29, 1.82) is 0 Å². The van der Waals surface area contributed by atoms with Crippen molar-refractivity contribution in [3.63, 3.8) is 0 Å². The maximum Gasteiger partial charge on any atom is 0.270 e. The summed E-state index contributed by atoms with van der Waals surface area (Å²) in [5.74, 6) is -2.61. The maximum atomic E-state index is 14.3. The second kappa shape index (κ2) is 8.57. The molecular weight excluding hydrogens is 423 g/mol. The van der Waals surface area contributed by atoms with Gasteiger partial charge in [0.25, 0.3) is 10.0 Å². The highest BCUT2D eigenvalue weighted by atomic mass is 32.2. The topological polar surface area (TPSA) is 81.6 Å². The first-order valence-electron chi connectivity index (χ1n) is 8.42. The lowest BCUT2D eigenvalue weighted by atomic mass is 10.2. The highest BCUT2D eigenvalue weighted by Crippen LogP contribution is 2.30. The van der Waals surface area contributed by atoms with Crippen molar-refractivity contribution in [1.82, 2.24) is 9.97 Å². The van der Waals surface area contributed by atoms with Gasteiger partial charge in [-0.05, 0) is 30.3 Å². The first-order chi connectivity index (χ1) is 14.3. The average molecular weight is 439 g/mol. The second-order valence-corrected chi connectivity index (χ2v) is 7.80. The smallest absolute Gasteiger partial charge is 0.270 e. The van der Waals surface area contributed by atoms with Crippen LogP contribution < -0.4 is 13.8 Å². The Morgan fingerprint density at radius 1 is 0.933 bits per heavy atom. The summed E-state index contributed by atoms with van der Waals surface area (Å²) < 4.78 is 78.6. The Morgan fingerprint density at radius 3 is 2.27 bits per heavy atom. The van der Waals surface area contributed by atoms with Crippen LogP contribution in [0, 0.1) is 17.5 Å². The third kappa shape index (κ3) is 4.30. The molecule has 1 heterocycles. The summed E-state index contributed by atoms with van der Waals surface area (Å²) in [5, 5.41) is 0. The lowest BCUT2D eigenvalue weighted by Gasteiger charge is -2.23. The Labute approximate surface area is 170 Å². The van der Waals surface area contributed by atoms with Gasteiger partial charge in [-0.25, -0.2) is 35.9 Å². The van der Waals surface area contributed by atoms with E-state index in [1.807, 2.05) is 0 Å². The Kier molecular flexibility index (Phi) is 6.11. The molecule has 0 saturated carbocycles. The molecule has 0 atom stereocenters. The van der Waals surface area contributed by atoms with Crippen LogP contribution in [0.5, 0.6) is 11.5 Å². The Morgan fingerprint density at radius 2 is 1.63 bits per heavy atom. The van der Waals surface area contributed by atoms with E-state index in [9.17, 15) is 21.6 Å². The molecule has 11 heteroatoms. The van der Waals surface area contributed by atoms with Crippen LogP contribution in [0.4, 0.5) is 19.1 Å². The molecule has 0 amide bonds. The zero-order valence-electron chi connectivity index (χ0n) is 15.8. The van der Waals surface area contributed by atoms with E-state index < -0.39 is 44.9 Å². The van der Waals surface area contributed by atoms with Gasteiger partial charge in [0.1, 0.15) is 28.0 Å². The van der Waals surface area contributed by atoms with E-state index >= 15 is 0 Å². The number of sulfonamides is 1. The molecule has 0 radical (unpaired) electrons. The molecule has 0 aliphatic heterocycles. The van der Waals surface area contributed by atoms with E-state index in [0.717, 1.165) is 18.5 Å². The van der Waals surface area contributed by atoms with Crippen LogP contribution in [0.2, 0.25) is 0 Å². The van der Waals surface area contributed by atoms with Crippen LogP contribution >= 0.6 is 0 Å². The molecule has 2 aromatic carbocycles. The van der Waals surface area contributed by atoms with Crippen molar-refractivity contribution in [2.45, 2.75) is 11.4 Å². The molecule has 0 spiro atoms. The third-order valence-electron chi connectivity index (χ3n) is 4.10. The predicted octanol–water partition coefficient (Wildman–Crippen LogP) is 3.31. The zero-order valence-corrected chi connectivity index (χ0v) is 16.7. The van der Waals surface area contributed by atoms with Crippen LogP contribution in [-0.4, -0.2) is 32.6 Å². The second-order valence-electron chi connectivity index (χ2n) is 5.97. The van der Waals surface area contributed by atoms with Gasteiger partial charge in [0.05, 0.1) is 33.2 Å². The van der Waals surface area contributed by atoms with Crippen LogP contribution in [0.25, 0.3) is 0 Å². The Balaban J connectivity index is 2.15. The lowest BCUT2D eigenvalue weighted by Crippen LogP contribution is -2.33. The van der Waals surface area contributed by atoms with E-state index in [2.05, 4.69) is 9.97 Å². The molecule has 158 valence electrons. The zero-order chi connectivity index (χ0) is 21.9. The van der Waals surface area contributed by atoms with Crippen LogP contribution in [-0.2, 0) is 16.6 Å². The predicted molar refractivity (Wildman–Crippen MR) is 101 cm³/mol. The van der Waals surface area contributed by atoms with Crippen molar-refractivity contribution >= 4 is 16.0 Å². The van der Waals surface area contributed by atoms with Crippen molar-refractivity contribution < 1.29 is 31.1 Å². The standard InChI is InChI=1S/C19H16F3N3O4S/c1-28-15-5-3-12(17(8-15)29-2)11-25(19-23-9-14(21)10-24-19)30(26,27)18-7-13(20)4-6-16(18)22/h3-10H,11H2,1-2H3. The minimum Gasteiger partial charge on any atom is -0.497 e. The molecule has 0 unspecified atom stereocenters. The number of halogens is 3. The fraction of sp³-hybridized carbons (Fsp3) is 0.158. The van der Waals surface area contributed by atoms with Crippen molar-refractivity contribution in [2.75, 3.05) is 18.5 Å². The van der Waals surface area contributed by atoms with Crippen LogP contribution in [0.1, 0.15) is 5.56 Å². The molecule has 7 nitrogen and oxygen atoms in total. The number of hydrogen-bond acceptors (Lipinski definition) is 6. The van der Waals surface area contributed by atoms with Gasteiger partial charge in [-0.1, -0.05) is 0 Å². The van der Waals surface area contributed by atoms with Crippen LogP contribution in [0.15, 0.2) is 53.7 Å². The quantitative estimate of drug-likeness (QED) is 0.562. The summed E-state index contributed by atoms with van der Waals surface area (Å²) >= 11 is 0. The Bertz CT molecular complexity index is 1160. The summed E-state index contributed by atoms with van der Waals surface area (Å²) in [6.45, 7) is -0.406. The van der Waals surface area contributed by atoms with Gasteiger partial charge < -0.3 is 9.47 Å². The Hall–Kier alpha value is -3.34. The maximum absolute atomic E-state index is 14.3. The molecule has 3 rings (SSSR count). The molecule has 1 aromatic heterocycles. The number of benzene rings is 2. The largest absolute Gasteiger partial charge is 0.497 e. The van der Waals surface area contributed by atoms with Gasteiger partial charge in [0.2, 0.25) is 5.95 Å². The van der Waals surface area contributed by atoms with Crippen molar-refractivity contribution in [2.24, 2.45) is 0 Å². The summed E-state index contributed by atoms with van der Waals surface area (Å²) in [6.07, 6.45) is 1.52. The SMILES string of the molecule is COc1ccc(CN(c2ncc(F)cn2)S(=O)(=O)c2cc(F)ccc2F)c(OC)c1. The fourth-order valence-electron chi connectivity index (χ4n) is 2.63. The summed E-state index contributed by atoms with van der Waals surface area (Å²) in [6, 6.07) is 6.66. The minimum absolute atomic E-state index is 0.274. The van der Waals surface area contributed by atoms with Gasteiger partial charge in [-0.2, -0.15) is 0 Å². The van der Waals surface area contributed by atoms with Gasteiger partial charge in [-0.3, -0.25) is 0 Å². The first-order valence-corrected chi connectivity index (χ1v) is 9.86. The number of ether oxygens (including phenoxy) is 2. The van der Waals surface area contributed by atoms with Crippen molar-refractivity contribution in [3.8, 4) is 11.5 Å². The number of rotatable bonds is 7. The van der Waals surface area contributed by atoms with Gasteiger partial charge >= 0.3 is 0 Å². The average Bonchev–Trinajstić information content (AvgIpc) is 2.74. The van der Waals surface area contributed by atoms with E-state index in [4.69, 9.17) is 9.47 Å². The summed E-state index contributed by atoms with van der Waals surface area (Å²) in [7, 11) is -1.85. The molecule has 30 heavy (non-hydrogen) atoms. The number of nitrogens with zero attached hydrogens (tertiary/aromatic N) is 3. The van der Waals surface area contributed by atoms with Crippen LogP contribution in [0.3, 0.4) is 0 Å². The van der Waals surface area contributed by atoms with Gasteiger partial charge in [0.15, 0.2) is 5.82 Å². The van der Waals surface area contributed by atoms with E-state index in [1.54, 1.807) is 6.07 Å². The van der Waals surface area contributed by atoms with Gasteiger partial charge in [0, 0.05) is 11.6 Å². The van der Waals surface area contributed by atoms with E-state index in [1.165, 1.54) is 26.4 Å². The highest BCUT2D eigenvalue weighted by Gasteiger charge is 2.31. The molecular formula is C19H16F3N3O4S. The molecule has 0 bridgehead atoms. The third-order valence-corrected chi connectivity index (χ3v) is 5.84. The summed E-state index contributed by atoms with van der Waals surface area (Å²) in [5.41, 5.74) is 0.353. The number of methoxy groups -OCH3 is 2. The molecule has 0 N–H and O–H groups in total. The van der Waals surface area contributed by atoms with Gasteiger partial charge in [-0.15, -0.1) is 0 Å². The molecule has 0 aliphatic carbocycles. The number of hydrogen-bond donors (Lipinski definition) is 0. The number of aromatic nitrogens is 2. The van der Waals surface area contributed by atoms with E-state index in [0.29, 0.717) is 27.8 Å². The van der Waals surface area contributed by atoms with Crippen molar-refractivity contribution in [3.05, 3.63) is 71.8 Å². The molecule has 0 aliphatic rings. The normalized spacial score (nSPS) is 11.2. The lowest BCUT2D eigenvalue weighted by molar-refractivity contribution is 0.391. The molecule has 0 fully saturated rings. The fourth-order valence-corrected chi connectivity index (χ4v) is 4.06. The minimum atomic E-state index is -4.67. The van der Waals surface area contributed by atoms with E-state index in [-0.39, 0.29) is 5.75 Å². The highest BCUT2D eigenvalue weighted by molar-refractivity contribution is 7.92. The first kappa shape index (κ1) is 21.4. The monoisotopic (exact) mass is 439 g/mol. The molecule has 0 saturated heterocycles. The summed E-state index contributed by atoms with van der Waals surface area (Å²) in [4.78, 5) is 6.46. The molecule has 3 aromatic rings.